The van der Waals surface area contributed by atoms with E-state index in [0.29, 0.717) is 37.6 Å². The van der Waals surface area contributed by atoms with E-state index in [0.717, 1.165) is 6.42 Å². The van der Waals surface area contributed by atoms with Crippen LogP contribution in [0, 0.1) is 5.82 Å². The molecule has 0 heterocycles. The molecule has 0 saturated heterocycles. The minimum atomic E-state index is -0.263. The van der Waals surface area contributed by atoms with Gasteiger partial charge in [0.25, 0.3) is 0 Å². The smallest absolute Gasteiger partial charge is 0.221 e. The fourth-order valence-electron chi connectivity index (χ4n) is 1.78. The van der Waals surface area contributed by atoms with Crippen LogP contribution in [0.3, 0.4) is 0 Å². The van der Waals surface area contributed by atoms with Gasteiger partial charge >= 0.3 is 0 Å². The predicted molar refractivity (Wildman–Crippen MR) is 103 cm³/mol. The molecule has 3 N–H and O–H groups in total. The Balaban J connectivity index is 0.00000484. The standard InChI is InChI=1S/C16H25FN4O.HI/c1-3-10-19-15(22)9-11-20-16(18-4-2)21-12-13-7-5-6-8-14(13)17;/h5-8H,3-4,9-12H2,1-2H3,(H,19,22)(H2,18,20,21);1H. The minimum Gasteiger partial charge on any atom is -0.357 e. The molecule has 1 rings (SSSR count). The number of hydrogen-bond acceptors (Lipinski definition) is 2. The molecule has 23 heavy (non-hydrogen) atoms. The van der Waals surface area contributed by atoms with Crippen molar-refractivity contribution in [2.45, 2.75) is 33.2 Å². The SMILES string of the molecule is CCCNC(=O)CCNC(=NCc1ccccc1F)NCC.I. The Morgan fingerprint density at radius 2 is 1.87 bits per heavy atom. The van der Waals surface area contributed by atoms with Crippen LogP contribution in [0.25, 0.3) is 0 Å². The number of guanidine groups is 1. The Hall–Kier alpha value is -1.38. The van der Waals surface area contributed by atoms with Gasteiger partial charge in [-0.3, -0.25) is 4.79 Å². The fraction of sp³-hybridized carbons (Fsp3) is 0.500. The van der Waals surface area contributed by atoms with E-state index in [-0.39, 0.29) is 42.2 Å². The van der Waals surface area contributed by atoms with Crippen LogP contribution < -0.4 is 16.0 Å². The maximum absolute atomic E-state index is 13.5. The fourth-order valence-corrected chi connectivity index (χ4v) is 1.78. The highest BCUT2D eigenvalue weighted by molar-refractivity contribution is 14.0. The molecule has 0 atom stereocenters. The highest BCUT2D eigenvalue weighted by Crippen LogP contribution is 2.07. The lowest BCUT2D eigenvalue weighted by molar-refractivity contribution is -0.120. The van der Waals surface area contributed by atoms with E-state index in [2.05, 4.69) is 20.9 Å². The largest absolute Gasteiger partial charge is 0.357 e. The average Bonchev–Trinajstić information content (AvgIpc) is 2.52. The van der Waals surface area contributed by atoms with E-state index in [9.17, 15) is 9.18 Å². The molecule has 0 aliphatic carbocycles. The summed E-state index contributed by atoms with van der Waals surface area (Å²) in [6.45, 7) is 6.10. The molecular weight excluding hydrogens is 410 g/mol. The number of hydrogen-bond donors (Lipinski definition) is 3. The number of amides is 1. The number of nitrogens with zero attached hydrogens (tertiary/aromatic N) is 1. The molecule has 0 saturated carbocycles. The third-order valence-corrected chi connectivity index (χ3v) is 2.93. The van der Waals surface area contributed by atoms with Gasteiger partial charge in [0.1, 0.15) is 5.82 Å². The predicted octanol–water partition coefficient (Wildman–Crippen LogP) is 2.42. The van der Waals surface area contributed by atoms with Crippen molar-refractivity contribution in [3.05, 3.63) is 35.6 Å². The van der Waals surface area contributed by atoms with Crippen LogP contribution in [-0.4, -0.2) is 31.5 Å². The van der Waals surface area contributed by atoms with Crippen molar-refractivity contribution < 1.29 is 9.18 Å². The molecular formula is C16H26FIN4O. The Morgan fingerprint density at radius 1 is 1.13 bits per heavy atom. The molecule has 130 valence electrons. The molecule has 0 bridgehead atoms. The van der Waals surface area contributed by atoms with Crippen LogP contribution in [0.15, 0.2) is 29.3 Å². The van der Waals surface area contributed by atoms with Crippen LogP contribution in [0.2, 0.25) is 0 Å². The normalized spacial score (nSPS) is 10.7. The molecule has 0 aliphatic rings. The number of rotatable bonds is 8. The first kappa shape index (κ1) is 21.6. The lowest BCUT2D eigenvalue weighted by Crippen LogP contribution is -2.39. The van der Waals surface area contributed by atoms with Crippen LogP contribution in [0.4, 0.5) is 4.39 Å². The summed E-state index contributed by atoms with van der Waals surface area (Å²) in [7, 11) is 0. The van der Waals surface area contributed by atoms with Gasteiger partial charge in [0.05, 0.1) is 6.54 Å². The van der Waals surface area contributed by atoms with Gasteiger partial charge in [-0.25, -0.2) is 9.38 Å². The summed E-state index contributed by atoms with van der Waals surface area (Å²) in [5.74, 6) is 0.328. The van der Waals surface area contributed by atoms with E-state index in [1.54, 1.807) is 18.2 Å². The second-order valence-electron chi connectivity index (χ2n) is 4.81. The number of halogens is 2. The Morgan fingerprint density at radius 3 is 2.52 bits per heavy atom. The highest BCUT2D eigenvalue weighted by atomic mass is 127. The zero-order chi connectivity index (χ0) is 16.2. The molecule has 0 aromatic heterocycles. The summed E-state index contributed by atoms with van der Waals surface area (Å²) < 4.78 is 13.5. The van der Waals surface area contributed by atoms with E-state index in [4.69, 9.17) is 0 Å². The summed E-state index contributed by atoms with van der Waals surface area (Å²) in [6, 6.07) is 6.57. The molecule has 1 aromatic rings. The summed E-state index contributed by atoms with van der Waals surface area (Å²) in [4.78, 5) is 15.8. The molecule has 0 unspecified atom stereocenters. The second-order valence-corrected chi connectivity index (χ2v) is 4.81. The molecule has 7 heteroatoms. The number of carbonyl (C=O) groups excluding carboxylic acids is 1. The molecule has 1 amide bonds. The van der Waals surface area contributed by atoms with Crippen molar-refractivity contribution >= 4 is 35.8 Å². The Labute approximate surface area is 154 Å². The van der Waals surface area contributed by atoms with Gasteiger partial charge in [-0.15, -0.1) is 24.0 Å². The van der Waals surface area contributed by atoms with Crippen LogP contribution >= 0.6 is 24.0 Å². The first-order valence-corrected chi connectivity index (χ1v) is 7.69. The van der Waals surface area contributed by atoms with E-state index >= 15 is 0 Å². The van der Waals surface area contributed by atoms with Gasteiger partial charge in [-0.1, -0.05) is 25.1 Å². The third-order valence-electron chi connectivity index (χ3n) is 2.93. The van der Waals surface area contributed by atoms with Gasteiger partial charge in [0.15, 0.2) is 5.96 Å². The van der Waals surface area contributed by atoms with Crippen LogP contribution in [0.1, 0.15) is 32.3 Å². The topological polar surface area (TPSA) is 65.5 Å². The summed E-state index contributed by atoms with van der Waals surface area (Å²) in [5, 5.41) is 8.96. The quantitative estimate of drug-likeness (QED) is 0.333. The van der Waals surface area contributed by atoms with Crippen molar-refractivity contribution in [2.24, 2.45) is 4.99 Å². The van der Waals surface area contributed by atoms with Gasteiger partial charge < -0.3 is 16.0 Å². The van der Waals surface area contributed by atoms with Crippen molar-refractivity contribution in [3.63, 3.8) is 0 Å². The van der Waals surface area contributed by atoms with E-state index < -0.39 is 0 Å². The van der Waals surface area contributed by atoms with Crippen molar-refractivity contribution in [2.75, 3.05) is 19.6 Å². The zero-order valence-corrected chi connectivity index (χ0v) is 16.0. The maximum atomic E-state index is 13.5. The number of benzene rings is 1. The Kier molecular flexibility index (Phi) is 12.3. The monoisotopic (exact) mass is 436 g/mol. The molecule has 1 aromatic carbocycles. The average molecular weight is 436 g/mol. The van der Waals surface area contributed by atoms with Gasteiger partial charge in [-0.05, 0) is 19.4 Å². The van der Waals surface area contributed by atoms with Crippen molar-refractivity contribution in [3.8, 4) is 0 Å². The lowest BCUT2D eigenvalue weighted by Gasteiger charge is -2.11. The number of nitrogens with one attached hydrogen (secondary N) is 3. The maximum Gasteiger partial charge on any atom is 0.221 e. The molecule has 0 fully saturated rings. The first-order chi connectivity index (χ1) is 10.7. The molecule has 5 nitrogen and oxygen atoms in total. The zero-order valence-electron chi connectivity index (χ0n) is 13.7. The minimum absolute atomic E-state index is 0. The molecule has 0 spiro atoms. The number of carbonyl (C=O) groups is 1. The van der Waals surface area contributed by atoms with Crippen molar-refractivity contribution in [1.29, 1.82) is 0 Å². The van der Waals surface area contributed by atoms with Crippen molar-refractivity contribution in [1.82, 2.24) is 16.0 Å². The summed E-state index contributed by atoms with van der Waals surface area (Å²) in [6.07, 6.45) is 1.30. The summed E-state index contributed by atoms with van der Waals surface area (Å²) in [5.41, 5.74) is 0.542. The highest BCUT2D eigenvalue weighted by Gasteiger charge is 2.03. The Bertz CT molecular complexity index is 497. The van der Waals surface area contributed by atoms with Crippen LogP contribution in [0.5, 0.6) is 0 Å². The third kappa shape index (κ3) is 9.37. The van der Waals surface area contributed by atoms with Gasteiger partial charge in [0, 0.05) is 31.6 Å². The van der Waals surface area contributed by atoms with E-state index in [1.807, 2.05) is 13.8 Å². The molecule has 0 aliphatic heterocycles. The number of aliphatic imine (C=N–C) groups is 1. The van der Waals surface area contributed by atoms with Gasteiger partial charge in [0.2, 0.25) is 5.91 Å². The first-order valence-electron chi connectivity index (χ1n) is 7.69. The van der Waals surface area contributed by atoms with Crippen LogP contribution in [-0.2, 0) is 11.3 Å². The molecule has 0 radical (unpaired) electrons. The van der Waals surface area contributed by atoms with Gasteiger partial charge in [-0.2, -0.15) is 0 Å². The van der Waals surface area contributed by atoms with E-state index in [1.165, 1.54) is 6.07 Å². The lowest BCUT2D eigenvalue weighted by atomic mass is 10.2. The summed E-state index contributed by atoms with van der Waals surface area (Å²) >= 11 is 0. The second kappa shape index (κ2) is 13.1.